The third-order valence-corrected chi connectivity index (χ3v) is 3.71. The SMILES string of the molecule is CC(C)CCOCCOc1ccc2c(c1)/C(=N\O)CCC2. The lowest BCUT2D eigenvalue weighted by Gasteiger charge is -2.18. The first-order chi connectivity index (χ1) is 10.2. The van der Waals surface area contributed by atoms with Crippen LogP contribution in [0, 0.1) is 5.92 Å². The third kappa shape index (κ3) is 4.74. The Bertz CT molecular complexity index is 483. The molecule has 0 spiro atoms. The van der Waals surface area contributed by atoms with Gasteiger partial charge in [-0.2, -0.15) is 0 Å². The molecule has 1 aromatic rings. The van der Waals surface area contributed by atoms with Crippen LogP contribution in [0.3, 0.4) is 0 Å². The second kappa shape index (κ2) is 8.03. The molecule has 0 radical (unpaired) electrons. The Labute approximate surface area is 126 Å². The Morgan fingerprint density at radius 1 is 1.19 bits per heavy atom. The number of aryl methyl sites for hydroxylation is 1. The van der Waals surface area contributed by atoms with Crippen LogP contribution in [0.2, 0.25) is 0 Å². The molecule has 1 aromatic carbocycles. The highest BCUT2D eigenvalue weighted by molar-refractivity contribution is 6.02. The van der Waals surface area contributed by atoms with E-state index in [0.29, 0.717) is 19.1 Å². The van der Waals surface area contributed by atoms with Gasteiger partial charge in [0.15, 0.2) is 0 Å². The summed E-state index contributed by atoms with van der Waals surface area (Å²) in [6.45, 7) is 6.31. The van der Waals surface area contributed by atoms with Gasteiger partial charge < -0.3 is 14.7 Å². The predicted octanol–water partition coefficient (Wildman–Crippen LogP) is 3.64. The average Bonchev–Trinajstić information content (AvgIpc) is 2.49. The average molecular weight is 291 g/mol. The van der Waals surface area contributed by atoms with E-state index in [9.17, 15) is 0 Å². The highest BCUT2D eigenvalue weighted by atomic mass is 16.5. The van der Waals surface area contributed by atoms with E-state index in [1.807, 2.05) is 12.1 Å². The summed E-state index contributed by atoms with van der Waals surface area (Å²) in [5.74, 6) is 1.48. The summed E-state index contributed by atoms with van der Waals surface area (Å²) < 4.78 is 11.2. The summed E-state index contributed by atoms with van der Waals surface area (Å²) in [4.78, 5) is 0. The van der Waals surface area contributed by atoms with Gasteiger partial charge in [-0.3, -0.25) is 0 Å². The van der Waals surface area contributed by atoms with Crippen LogP contribution < -0.4 is 4.74 Å². The van der Waals surface area contributed by atoms with E-state index in [0.717, 1.165) is 49.3 Å². The normalized spacial score (nSPS) is 16.2. The minimum atomic E-state index is 0.544. The fourth-order valence-electron chi connectivity index (χ4n) is 2.46. The van der Waals surface area contributed by atoms with E-state index in [-0.39, 0.29) is 0 Å². The zero-order chi connectivity index (χ0) is 15.1. The number of ether oxygens (including phenoxy) is 2. The van der Waals surface area contributed by atoms with E-state index in [1.165, 1.54) is 5.56 Å². The first-order valence-electron chi connectivity index (χ1n) is 7.75. The number of nitrogens with zero attached hydrogens (tertiary/aromatic N) is 1. The molecule has 0 amide bonds. The van der Waals surface area contributed by atoms with E-state index < -0.39 is 0 Å². The van der Waals surface area contributed by atoms with Gasteiger partial charge in [-0.1, -0.05) is 25.1 Å². The van der Waals surface area contributed by atoms with Gasteiger partial charge in [0.25, 0.3) is 0 Å². The molecule has 4 heteroatoms. The fourth-order valence-corrected chi connectivity index (χ4v) is 2.46. The molecule has 116 valence electrons. The van der Waals surface area contributed by atoms with E-state index in [1.54, 1.807) is 0 Å². The van der Waals surface area contributed by atoms with Crippen molar-refractivity contribution in [1.82, 2.24) is 0 Å². The minimum absolute atomic E-state index is 0.544. The summed E-state index contributed by atoms with van der Waals surface area (Å²) in [6.07, 6.45) is 3.98. The fraction of sp³-hybridized carbons (Fsp3) is 0.588. The van der Waals surface area contributed by atoms with Crippen LogP contribution in [0.15, 0.2) is 23.4 Å². The van der Waals surface area contributed by atoms with Crippen molar-refractivity contribution in [2.75, 3.05) is 19.8 Å². The van der Waals surface area contributed by atoms with Crippen LogP contribution in [0.5, 0.6) is 5.75 Å². The molecule has 0 saturated heterocycles. The Morgan fingerprint density at radius 2 is 2.05 bits per heavy atom. The van der Waals surface area contributed by atoms with Crippen molar-refractivity contribution in [2.45, 2.75) is 39.5 Å². The Hall–Kier alpha value is -1.55. The summed E-state index contributed by atoms with van der Waals surface area (Å²) in [6, 6.07) is 6.01. The van der Waals surface area contributed by atoms with Gasteiger partial charge in [0.2, 0.25) is 0 Å². The zero-order valence-electron chi connectivity index (χ0n) is 13.0. The summed E-state index contributed by atoms with van der Waals surface area (Å²) in [5, 5.41) is 12.5. The Morgan fingerprint density at radius 3 is 2.81 bits per heavy atom. The molecule has 0 aliphatic heterocycles. The number of hydrogen-bond acceptors (Lipinski definition) is 4. The molecule has 2 rings (SSSR count). The first kappa shape index (κ1) is 15.8. The van der Waals surface area contributed by atoms with Crippen molar-refractivity contribution in [3.63, 3.8) is 0 Å². The largest absolute Gasteiger partial charge is 0.491 e. The molecule has 1 aliphatic rings. The molecule has 1 aliphatic carbocycles. The molecular weight excluding hydrogens is 266 g/mol. The minimum Gasteiger partial charge on any atom is -0.491 e. The van der Waals surface area contributed by atoms with Gasteiger partial charge in [-0.15, -0.1) is 0 Å². The topological polar surface area (TPSA) is 51.0 Å². The molecule has 0 aromatic heterocycles. The molecule has 1 N–H and O–H groups in total. The number of oxime groups is 1. The van der Waals surface area contributed by atoms with Crippen LogP contribution in [0.25, 0.3) is 0 Å². The predicted molar refractivity (Wildman–Crippen MR) is 83.5 cm³/mol. The van der Waals surface area contributed by atoms with Crippen molar-refractivity contribution in [1.29, 1.82) is 0 Å². The van der Waals surface area contributed by atoms with Gasteiger partial charge in [-0.25, -0.2) is 0 Å². The molecule has 0 fully saturated rings. The van der Waals surface area contributed by atoms with Gasteiger partial charge in [-0.05, 0) is 49.3 Å². The standard InChI is InChI=1S/C17H25NO3/c1-13(2)8-9-20-10-11-21-15-7-6-14-4-3-5-17(18-19)16(14)12-15/h6-7,12-13,19H,3-5,8-11H2,1-2H3/b18-17-. The van der Waals surface area contributed by atoms with Crippen LogP contribution in [-0.4, -0.2) is 30.7 Å². The van der Waals surface area contributed by atoms with Crippen LogP contribution >= 0.6 is 0 Å². The van der Waals surface area contributed by atoms with Crippen LogP contribution in [0.4, 0.5) is 0 Å². The van der Waals surface area contributed by atoms with E-state index in [2.05, 4.69) is 25.1 Å². The smallest absolute Gasteiger partial charge is 0.120 e. The lowest BCUT2D eigenvalue weighted by molar-refractivity contribution is 0.0926. The Kier molecular flexibility index (Phi) is 6.05. The van der Waals surface area contributed by atoms with Crippen molar-refractivity contribution in [3.8, 4) is 5.75 Å². The Balaban J connectivity index is 1.82. The maximum atomic E-state index is 9.07. The molecule has 0 saturated carbocycles. The molecule has 0 heterocycles. The summed E-state index contributed by atoms with van der Waals surface area (Å²) in [7, 11) is 0. The van der Waals surface area contributed by atoms with Crippen molar-refractivity contribution in [2.24, 2.45) is 11.1 Å². The number of fused-ring (bicyclic) bond motifs is 1. The molecule has 0 bridgehead atoms. The molecule has 0 atom stereocenters. The van der Waals surface area contributed by atoms with Gasteiger partial charge in [0.1, 0.15) is 12.4 Å². The van der Waals surface area contributed by atoms with Gasteiger partial charge in [0.05, 0.1) is 12.3 Å². The molecule has 4 nitrogen and oxygen atoms in total. The van der Waals surface area contributed by atoms with Crippen molar-refractivity contribution < 1.29 is 14.7 Å². The van der Waals surface area contributed by atoms with E-state index >= 15 is 0 Å². The quantitative estimate of drug-likeness (QED) is 0.474. The van der Waals surface area contributed by atoms with Crippen molar-refractivity contribution in [3.05, 3.63) is 29.3 Å². The van der Waals surface area contributed by atoms with Crippen molar-refractivity contribution >= 4 is 5.71 Å². The van der Waals surface area contributed by atoms with Gasteiger partial charge >= 0.3 is 0 Å². The maximum absolute atomic E-state index is 9.07. The lowest BCUT2D eigenvalue weighted by atomic mass is 9.90. The summed E-state index contributed by atoms with van der Waals surface area (Å²) >= 11 is 0. The third-order valence-electron chi connectivity index (χ3n) is 3.71. The lowest BCUT2D eigenvalue weighted by Crippen LogP contribution is -2.13. The zero-order valence-corrected chi connectivity index (χ0v) is 13.0. The number of hydrogen-bond donors (Lipinski definition) is 1. The first-order valence-corrected chi connectivity index (χ1v) is 7.75. The van der Waals surface area contributed by atoms with Crippen LogP contribution in [0.1, 0.15) is 44.2 Å². The second-order valence-electron chi connectivity index (χ2n) is 5.86. The highest BCUT2D eigenvalue weighted by Gasteiger charge is 2.16. The van der Waals surface area contributed by atoms with Gasteiger partial charge in [0, 0.05) is 12.2 Å². The molecule has 21 heavy (non-hydrogen) atoms. The van der Waals surface area contributed by atoms with Crippen LogP contribution in [-0.2, 0) is 11.2 Å². The molecule has 0 unspecified atom stereocenters. The highest BCUT2D eigenvalue weighted by Crippen LogP contribution is 2.25. The number of benzene rings is 1. The number of rotatable bonds is 7. The molecular formula is C17H25NO3. The second-order valence-corrected chi connectivity index (χ2v) is 5.86. The monoisotopic (exact) mass is 291 g/mol. The summed E-state index contributed by atoms with van der Waals surface area (Å²) in [5.41, 5.74) is 3.01. The maximum Gasteiger partial charge on any atom is 0.120 e. The van der Waals surface area contributed by atoms with E-state index in [4.69, 9.17) is 14.7 Å².